The highest BCUT2D eigenvalue weighted by Gasteiger charge is 2.20. The van der Waals surface area contributed by atoms with Crippen molar-refractivity contribution in [3.63, 3.8) is 0 Å². The van der Waals surface area contributed by atoms with Crippen LogP contribution in [0.25, 0.3) is 123 Å². The predicted molar refractivity (Wildman–Crippen MR) is 246 cm³/mol. The molecule has 0 aliphatic carbocycles. The summed E-state index contributed by atoms with van der Waals surface area (Å²) >= 11 is 0. The summed E-state index contributed by atoms with van der Waals surface area (Å²) in [7, 11) is 0. The van der Waals surface area contributed by atoms with Crippen LogP contribution in [0.5, 0.6) is 0 Å². The molecule has 0 unspecified atom stereocenters. The molecule has 4 aromatic heterocycles. The molecule has 0 saturated heterocycles. The Kier molecular flexibility index (Phi) is 8.00. The Bertz CT molecular complexity index is 3620. The van der Waals surface area contributed by atoms with Gasteiger partial charge in [0, 0.05) is 55.9 Å². The van der Waals surface area contributed by atoms with Crippen molar-refractivity contribution in [1.29, 1.82) is 0 Å². The zero-order valence-electron chi connectivity index (χ0n) is 33.1. The first-order chi connectivity index (χ1) is 30.2. The summed E-state index contributed by atoms with van der Waals surface area (Å²) in [5.41, 5.74) is 13.5. The third-order valence-electron chi connectivity index (χ3n) is 11.7. The molecule has 0 atom stereocenters. The summed E-state index contributed by atoms with van der Waals surface area (Å²) in [5.74, 6) is 2.72. The molecule has 0 bridgehead atoms. The van der Waals surface area contributed by atoms with Crippen LogP contribution in [0.15, 0.2) is 191 Å². The molecule has 288 valence electrons. The van der Waals surface area contributed by atoms with Crippen molar-refractivity contribution in [2.24, 2.45) is 0 Å². The van der Waals surface area contributed by atoms with Gasteiger partial charge in [-0.15, -0.1) is 0 Å². The molecule has 0 saturated carbocycles. The summed E-state index contributed by atoms with van der Waals surface area (Å²) in [4.78, 5) is 20.3. The normalized spacial score (nSPS) is 11.8. The van der Waals surface area contributed by atoms with E-state index in [0.29, 0.717) is 17.5 Å². The fraction of sp³-hybridized carbons (Fsp3) is 0.0370. The Morgan fingerprint density at radius 2 is 1.02 bits per heavy atom. The lowest BCUT2D eigenvalue weighted by Gasteiger charge is -2.10. The van der Waals surface area contributed by atoms with Gasteiger partial charge in [0.2, 0.25) is 0 Å². The van der Waals surface area contributed by atoms with Gasteiger partial charge in [-0.2, -0.15) is 0 Å². The number of aryl methyl sites for hydroxylation is 1. The van der Waals surface area contributed by atoms with Crippen molar-refractivity contribution >= 4 is 54.9 Å². The van der Waals surface area contributed by atoms with E-state index in [0.717, 1.165) is 112 Å². The fourth-order valence-electron chi connectivity index (χ4n) is 8.74. The highest BCUT2D eigenvalue weighted by Crippen LogP contribution is 2.40. The summed E-state index contributed by atoms with van der Waals surface area (Å²) in [6, 6.07) is 62.4. The first kappa shape index (κ1) is 34.8. The number of rotatable bonds is 7. The van der Waals surface area contributed by atoms with E-state index in [1.807, 2.05) is 66.7 Å². The topological polar surface area (TPSA) is 82.8 Å². The standard InChI is InChI=1S/C54H35N5O2/c1-2-59-45-19-8-7-18-44(45)55-54(59)37-28-22-33(23-29-37)38-30-31-47-43(32-38)49-42(17-11-21-48(49)60-47)53-57-51(35-12-4-3-5-13-35)56-52(58-53)36-26-24-34(25-27-36)39-15-10-16-41-40-14-6-9-20-46(40)61-50(39)41/h3-32H,2H2,1H3. The van der Waals surface area contributed by atoms with Crippen molar-refractivity contribution < 1.29 is 8.83 Å². The van der Waals surface area contributed by atoms with Gasteiger partial charge in [-0.1, -0.05) is 146 Å². The molecule has 7 heteroatoms. The first-order valence-corrected chi connectivity index (χ1v) is 20.5. The number of hydrogen-bond acceptors (Lipinski definition) is 6. The Morgan fingerprint density at radius 3 is 1.85 bits per heavy atom. The van der Waals surface area contributed by atoms with Gasteiger partial charge in [0.15, 0.2) is 17.5 Å². The molecule has 12 rings (SSSR count). The number of fused-ring (bicyclic) bond motifs is 7. The third kappa shape index (κ3) is 5.81. The van der Waals surface area contributed by atoms with Crippen LogP contribution in [0.2, 0.25) is 0 Å². The van der Waals surface area contributed by atoms with Gasteiger partial charge in [-0.05, 0) is 60.0 Å². The van der Waals surface area contributed by atoms with Crippen LogP contribution in [0.3, 0.4) is 0 Å². The lowest BCUT2D eigenvalue weighted by molar-refractivity contribution is 0.669. The van der Waals surface area contributed by atoms with E-state index < -0.39 is 0 Å². The second-order valence-electron chi connectivity index (χ2n) is 15.3. The second kappa shape index (κ2) is 14.0. The first-order valence-electron chi connectivity index (χ1n) is 20.5. The second-order valence-corrected chi connectivity index (χ2v) is 15.3. The van der Waals surface area contributed by atoms with E-state index in [9.17, 15) is 0 Å². The molecule has 0 radical (unpaired) electrons. The van der Waals surface area contributed by atoms with E-state index >= 15 is 0 Å². The lowest BCUT2D eigenvalue weighted by Crippen LogP contribution is -2.00. The highest BCUT2D eigenvalue weighted by atomic mass is 16.3. The fourth-order valence-corrected chi connectivity index (χ4v) is 8.74. The average Bonchev–Trinajstić information content (AvgIpc) is 4.03. The summed E-state index contributed by atoms with van der Waals surface area (Å²) in [6.45, 7) is 3.00. The molecule has 0 amide bonds. The maximum Gasteiger partial charge on any atom is 0.164 e. The molecule has 0 aliphatic heterocycles. The smallest absolute Gasteiger partial charge is 0.164 e. The number of imidazole rings is 1. The molecule has 61 heavy (non-hydrogen) atoms. The van der Waals surface area contributed by atoms with Crippen molar-refractivity contribution in [1.82, 2.24) is 24.5 Å². The minimum atomic E-state index is 0.571. The SMILES string of the molecule is CCn1c(-c2ccc(-c3ccc4oc5cccc(-c6nc(-c7ccccc7)nc(-c7ccc(-c8cccc9c8oc8ccccc89)cc7)n6)c5c4c3)cc2)nc2ccccc21. The monoisotopic (exact) mass is 785 g/mol. The van der Waals surface area contributed by atoms with Crippen molar-refractivity contribution in [3.8, 4) is 67.8 Å². The number of nitrogens with zero attached hydrogens (tertiary/aromatic N) is 5. The number of furan rings is 2. The Balaban J connectivity index is 0.951. The molecule has 0 N–H and O–H groups in total. The van der Waals surface area contributed by atoms with E-state index in [-0.39, 0.29) is 0 Å². The maximum atomic E-state index is 6.48. The average molecular weight is 786 g/mol. The van der Waals surface area contributed by atoms with Gasteiger partial charge in [-0.25, -0.2) is 19.9 Å². The summed E-state index contributed by atoms with van der Waals surface area (Å²) < 4.78 is 15.1. The van der Waals surface area contributed by atoms with Gasteiger partial charge in [0.05, 0.1) is 11.0 Å². The zero-order valence-corrected chi connectivity index (χ0v) is 33.1. The summed E-state index contributed by atoms with van der Waals surface area (Å²) in [6.07, 6.45) is 0. The molecule has 8 aromatic carbocycles. The van der Waals surface area contributed by atoms with Crippen molar-refractivity contribution in [2.75, 3.05) is 0 Å². The molecule has 0 spiro atoms. The van der Waals surface area contributed by atoms with Crippen LogP contribution in [-0.4, -0.2) is 24.5 Å². The van der Waals surface area contributed by atoms with Crippen LogP contribution in [0.1, 0.15) is 6.92 Å². The van der Waals surface area contributed by atoms with Gasteiger partial charge >= 0.3 is 0 Å². The van der Waals surface area contributed by atoms with Gasteiger partial charge < -0.3 is 13.4 Å². The molecular weight excluding hydrogens is 751 g/mol. The highest BCUT2D eigenvalue weighted by molar-refractivity contribution is 6.13. The largest absolute Gasteiger partial charge is 0.456 e. The Morgan fingerprint density at radius 1 is 0.410 bits per heavy atom. The van der Waals surface area contributed by atoms with E-state index in [4.69, 9.17) is 28.8 Å². The van der Waals surface area contributed by atoms with E-state index in [1.165, 1.54) is 0 Å². The number of para-hydroxylation sites is 4. The van der Waals surface area contributed by atoms with E-state index in [2.05, 4.69) is 127 Å². The van der Waals surface area contributed by atoms with Crippen molar-refractivity contribution in [3.05, 3.63) is 182 Å². The van der Waals surface area contributed by atoms with Crippen LogP contribution in [0, 0.1) is 0 Å². The Hall–Kier alpha value is -8.16. The summed E-state index contributed by atoms with van der Waals surface area (Å²) in [5, 5.41) is 4.16. The molecule has 4 heterocycles. The van der Waals surface area contributed by atoms with Crippen LogP contribution in [0.4, 0.5) is 0 Å². The minimum absolute atomic E-state index is 0.571. The quantitative estimate of drug-likeness (QED) is 0.160. The van der Waals surface area contributed by atoms with E-state index in [1.54, 1.807) is 0 Å². The third-order valence-corrected chi connectivity index (χ3v) is 11.7. The van der Waals surface area contributed by atoms with Crippen LogP contribution < -0.4 is 0 Å². The molecule has 0 fully saturated rings. The van der Waals surface area contributed by atoms with Crippen LogP contribution >= 0.6 is 0 Å². The predicted octanol–water partition coefficient (Wildman–Crippen LogP) is 14.0. The molecule has 0 aliphatic rings. The molecule has 12 aromatic rings. The van der Waals surface area contributed by atoms with Gasteiger partial charge in [0.25, 0.3) is 0 Å². The molecular formula is C54H35N5O2. The van der Waals surface area contributed by atoms with Crippen LogP contribution in [-0.2, 0) is 6.54 Å². The number of hydrogen-bond donors (Lipinski definition) is 0. The number of benzene rings is 8. The Labute approximate surface area is 350 Å². The number of aromatic nitrogens is 5. The zero-order chi connectivity index (χ0) is 40.4. The van der Waals surface area contributed by atoms with Gasteiger partial charge in [-0.3, -0.25) is 0 Å². The van der Waals surface area contributed by atoms with Crippen molar-refractivity contribution in [2.45, 2.75) is 13.5 Å². The maximum absolute atomic E-state index is 6.48. The molecule has 7 nitrogen and oxygen atoms in total. The van der Waals surface area contributed by atoms with Gasteiger partial charge in [0.1, 0.15) is 28.2 Å². The lowest BCUT2D eigenvalue weighted by atomic mass is 9.99. The minimum Gasteiger partial charge on any atom is -0.456 e.